The molecule has 0 saturated heterocycles. The summed E-state index contributed by atoms with van der Waals surface area (Å²) in [6.07, 6.45) is 1.31. The van der Waals surface area contributed by atoms with Gasteiger partial charge in [0, 0.05) is 26.0 Å². The van der Waals surface area contributed by atoms with E-state index in [4.69, 9.17) is 0 Å². The van der Waals surface area contributed by atoms with Crippen molar-refractivity contribution in [2.75, 3.05) is 19.4 Å². The molecule has 0 spiro atoms. The Morgan fingerprint density at radius 3 is 2.52 bits per heavy atom. The topological polar surface area (TPSA) is 79.4 Å². The van der Waals surface area contributed by atoms with Crippen molar-refractivity contribution in [1.82, 2.24) is 9.29 Å². The van der Waals surface area contributed by atoms with Crippen molar-refractivity contribution in [2.24, 2.45) is 0 Å². The van der Waals surface area contributed by atoms with Crippen molar-refractivity contribution in [1.29, 1.82) is 0 Å². The van der Waals surface area contributed by atoms with Gasteiger partial charge in [-0.15, -0.1) is 0 Å². The quantitative estimate of drug-likeness (QED) is 0.781. The van der Waals surface area contributed by atoms with Crippen LogP contribution >= 0.6 is 11.8 Å². The van der Waals surface area contributed by atoms with Crippen LogP contribution in [0.25, 0.3) is 0 Å². The highest BCUT2D eigenvalue weighted by atomic mass is 32.2. The van der Waals surface area contributed by atoms with E-state index in [1.165, 1.54) is 38.1 Å². The van der Waals surface area contributed by atoms with E-state index < -0.39 is 10.0 Å². The molecule has 2 rings (SSSR count). The van der Waals surface area contributed by atoms with Gasteiger partial charge in [0.1, 0.15) is 4.90 Å². The highest BCUT2D eigenvalue weighted by molar-refractivity contribution is 8.00. The lowest BCUT2D eigenvalue weighted by molar-refractivity contribution is -0.115. The van der Waals surface area contributed by atoms with Gasteiger partial charge in [-0.3, -0.25) is 4.79 Å². The smallest absolute Gasteiger partial charge is 0.244 e. The fourth-order valence-electron chi connectivity index (χ4n) is 2.00. The number of pyridine rings is 1. The van der Waals surface area contributed by atoms with E-state index in [2.05, 4.69) is 10.3 Å². The number of amides is 1. The average molecular weight is 380 g/mol. The summed E-state index contributed by atoms with van der Waals surface area (Å²) in [6.45, 7) is 3.74. The van der Waals surface area contributed by atoms with E-state index in [0.717, 1.165) is 15.6 Å². The Morgan fingerprint density at radius 1 is 1.24 bits per heavy atom. The zero-order valence-electron chi connectivity index (χ0n) is 14.6. The second kappa shape index (κ2) is 7.99. The largest absolute Gasteiger partial charge is 0.325 e. The summed E-state index contributed by atoms with van der Waals surface area (Å²) in [5.41, 5.74) is 1.82. The number of sulfonamides is 1. The Bertz CT molecular complexity index is 850. The van der Waals surface area contributed by atoms with Crippen molar-refractivity contribution in [3.63, 3.8) is 0 Å². The number of nitrogens with one attached hydrogen (secondary N) is 1. The third-order valence-corrected chi connectivity index (χ3v) is 6.29. The van der Waals surface area contributed by atoms with Gasteiger partial charge in [-0.1, -0.05) is 23.9 Å². The van der Waals surface area contributed by atoms with Crippen molar-refractivity contribution in [3.05, 3.63) is 48.2 Å². The number of benzene rings is 1. The van der Waals surface area contributed by atoms with Gasteiger partial charge in [0.05, 0.1) is 10.3 Å². The third-order valence-electron chi connectivity index (χ3n) is 3.44. The normalized spacial score (nSPS) is 12.8. The van der Waals surface area contributed by atoms with Crippen LogP contribution in [-0.4, -0.2) is 43.0 Å². The summed E-state index contributed by atoms with van der Waals surface area (Å²) in [5, 5.41) is 3.08. The zero-order valence-corrected chi connectivity index (χ0v) is 16.2. The molecule has 0 aliphatic carbocycles. The Balaban J connectivity index is 2.03. The number of carbonyl (C=O) groups excluding carboxylic acids is 1. The molecule has 1 heterocycles. The summed E-state index contributed by atoms with van der Waals surface area (Å²) >= 11 is 1.27. The van der Waals surface area contributed by atoms with Gasteiger partial charge in [-0.05, 0) is 43.7 Å². The molecule has 6 nitrogen and oxygen atoms in total. The first-order chi connectivity index (χ1) is 11.7. The first-order valence-electron chi connectivity index (χ1n) is 7.63. The number of hydrogen-bond donors (Lipinski definition) is 1. The van der Waals surface area contributed by atoms with E-state index >= 15 is 0 Å². The molecule has 0 saturated carbocycles. The van der Waals surface area contributed by atoms with Crippen LogP contribution in [0.15, 0.2) is 52.5 Å². The van der Waals surface area contributed by atoms with Crippen LogP contribution < -0.4 is 5.32 Å². The van der Waals surface area contributed by atoms with E-state index in [9.17, 15) is 13.2 Å². The fourth-order valence-corrected chi connectivity index (χ4v) is 3.64. The molecule has 1 aromatic heterocycles. The van der Waals surface area contributed by atoms with Gasteiger partial charge in [0.15, 0.2) is 0 Å². The Morgan fingerprint density at radius 2 is 1.96 bits per heavy atom. The highest BCUT2D eigenvalue weighted by Gasteiger charge is 2.19. The molecule has 25 heavy (non-hydrogen) atoms. The first-order valence-corrected chi connectivity index (χ1v) is 9.95. The molecular weight excluding hydrogens is 358 g/mol. The summed E-state index contributed by atoms with van der Waals surface area (Å²) in [7, 11) is -0.565. The molecule has 8 heteroatoms. The number of nitrogens with zero attached hydrogens (tertiary/aromatic N) is 2. The van der Waals surface area contributed by atoms with Gasteiger partial charge in [-0.25, -0.2) is 17.7 Å². The molecule has 0 radical (unpaired) electrons. The van der Waals surface area contributed by atoms with E-state index in [-0.39, 0.29) is 16.1 Å². The second-order valence-corrected chi connectivity index (χ2v) is 9.25. The van der Waals surface area contributed by atoms with E-state index in [1.54, 1.807) is 13.0 Å². The average Bonchev–Trinajstić information content (AvgIpc) is 2.55. The third kappa shape index (κ3) is 5.04. The Labute approximate surface area is 152 Å². The van der Waals surface area contributed by atoms with Crippen LogP contribution in [0.3, 0.4) is 0 Å². The van der Waals surface area contributed by atoms with Crippen molar-refractivity contribution >= 4 is 33.4 Å². The number of hydrogen-bond acceptors (Lipinski definition) is 5. The molecule has 2 aromatic rings. The molecule has 1 aromatic carbocycles. The molecule has 0 bridgehead atoms. The minimum Gasteiger partial charge on any atom is -0.325 e. The lowest BCUT2D eigenvalue weighted by Crippen LogP contribution is -2.23. The van der Waals surface area contributed by atoms with Gasteiger partial charge < -0.3 is 5.32 Å². The molecule has 0 aliphatic heterocycles. The summed E-state index contributed by atoms with van der Waals surface area (Å²) in [4.78, 5) is 16.6. The minimum atomic E-state index is -3.50. The van der Waals surface area contributed by atoms with Gasteiger partial charge in [0.25, 0.3) is 0 Å². The van der Waals surface area contributed by atoms with E-state index in [1.807, 2.05) is 31.2 Å². The molecule has 0 aliphatic rings. The maximum absolute atomic E-state index is 12.3. The zero-order chi connectivity index (χ0) is 18.6. The van der Waals surface area contributed by atoms with Gasteiger partial charge >= 0.3 is 0 Å². The maximum Gasteiger partial charge on any atom is 0.244 e. The monoisotopic (exact) mass is 379 g/mol. The number of aryl methyl sites for hydroxylation is 1. The molecule has 1 atom stereocenters. The lowest BCUT2D eigenvalue weighted by atomic mass is 10.2. The minimum absolute atomic E-state index is 0.124. The molecule has 134 valence electrons. The number of carbonyl (C=O) groups is 1. The molecule has 0 fully saturated rings. The van der Waals surface area contributed by atoms with Crippen LogP contribution in [0.1, 0.15) is 12.5 Å². The van der Waals surface area contributed by atoms with Crippen LogP contribution in [0.2, 0.25) is 0 Å². The molecule has 1 N–H and O–H groups in total. The van der Waals surface area contributed by atoms with Crippen LogP contribution in [0.4, 0.5) is 5.69 Å². The first kappa shape index (κ1) is 19.4. The molecule has 1 amide bonds. The number of thioether (sulfide) groups is 1. The van der Waals surface area contributed by atoms with Crippen molar-refractivity contribution in [2.45, 2.75) is 29.0 Å². The fraction of sp³-hybridized carbons (Fsp3) is 0.294. The molecular formula is C17H21N3O3S2. The van der Waals surface area contributed by atoms with Crippen molar-refractivity contribution in [3.8, 4) is 0 Å². The predicted octanol–water partition coefficient (Wildman–Crippen LogP) is 2.76. The van der Waals surface area contributed by atoms with Gasteiger partial charge in [-0.2, -0.15) is 0 Å². The van der Waals surface area contributed by atoms with Gasteiger partial charge in [0.2, 0.25) is 15.9 Å². The van der Waals surface area contributed by atoms with Crippen molar-refractivity contribution < 1.29 is 13.2 Å². The van der Waals surface area contributed by atoms with Crippen LogP contribution in [0.5, 0.6) is 0 Å². The maximum atomic E-state index is 12.3. The number of rotatable bonds is 6. The van der Waals surface area contributed by atoms with Crippen LogP contribution in [-0.2, 0) is 14.8 Å². The number of aromatic nitrogens is 1. The van der Waals surface area contributed by atoms with Crippen LogP contribution in [0, 0.1) is 6.92 Å². The second-order valence-electron chi connectivity index (χ2n) is 5.74. The summed E-state index contributed by atoms with van der Waals surface area (Å²) < 4.78 is 25.2. The highest BCUT2D eigenvalue weighted by Crippen LogP contribution is 2.24. The summed E-state index contributed by atoms with van der Waals surface area (Å²) in [6, 6.07) is 10.7. The SMILES string of the molecule is Cc1cccc(NC(=O)C(C)Sc2ccc(S(=O)(=O)N(C)C)cn2)c1. The standard InChI is InChI=1S/C17H21N3O3S2/c1-12-6-5-7-14(10-12)19-17(21)13(2)24-16-9-8-15(11-18-16)25(22,23)20(3)4/h5-11,13H,1-4H3,(H,19,21). The Kier molecular flexibility index (Phi) is 6.21. The number of anilines is 1. The predicted molar refractivity (Wildman–Crippen MR) is 100 cm³/mol. The lowest BCUT2D eigenvalue weighted by Gasteiger charge is -2.13. The Hall–Kier alpha value is -1.90. The van der Waals surface area contributed by atoms with E-state index in [0.29, 0.717) is 5.03 Å². The molecule has 1 unspecified atom stereocenters. The summed E-state index contributed by atoms with van der Waals surface area (Å²) in [5.74, 6) is -0.137.